The number of rotatable bonds is 2. The van der Waals surface area contributed by atoms with Gasteiger partial charge in [-0.2, -0.15) is 0 Å². The van der Waals surface area contributed by atoms with Crippen LogP contribution in [0.2, 0.25) is 0 Å². The standard InChI is InChI=1S/C15H13NO4/c16-12-8-10-4-2-1-3-9(10)7-11(12)14(17)20-13-5-6-19-15(13)18/h1-4,7-8,13H,5-6,16H2. The maximum Gasteiger partial charge on any atom is 0.347 e. The number of benzene rings is 2. The Morgan fingerprint density at radius 3 is 2.60 bits per heavy atom. The van der Waals surface area contributed by atoms with Gasteiger partial charge in [0.2, 0.25) is 6.10 Å². The van der Waals surface area contributed by atoms with Crippen molar-refractivity contribution in [2.75, 3.05) is 12.3 Å². The summed E-state index contributed by atoms with van der Waals surface area (Å²) in [5.74, 6) is -1.10. The highest BCUT2D eigenvalue weighted by atomic mass is 16.6. The highest BCUT2D eigenvalue weighted by Crippen LogP contribution is 2.23. The van der Waals surface area contributed by atoms with Gasteiger partial charge in [0, 0.05) is 12.1 Å². The molecule has 0 aromatic heterocycles. The van der Waals surface area contributed by atoms with Crippen molar-refractivity contribution in [1.82, 2.24) is 0 Å². The Hall–Kier alpha value is -2.56. The van der Waals surface area contributed by atoms with Crippen molar-refractivity contribution in [3.05, 3.63) is 42.0 Å². The van der Waals surface area contributed by atoms with Crippen LogP contribution in [0.25, 0.3) is 10.8 Å². The van der Waals surface area contributed by atoms with E-state index in [-0.39, 0.29) is 12.2 Å². The number of nitrogen functional groups attached to an aromatic ring is 1. The van der Waals surface area contributed by atoms with Crippen LogP contribution < -0.4 is 5.73 Å². The molecule has 5 nitrogen and oxygen atoms in total. The van der Waals surface area contributed by atoms with Crippen molar-refractivity contribution in [3.8, 4) is 0 Å². The number of hydrogen-bond donors (Lipinski definition) is 1. The largest absolute Gasteiger partial charge is 0.463 e. The molecule has 1 atom stereocenters. The average Bonchev–Trinajstić information content (AvgIpc) is 2.83. The van der Waals surface area contributed by atoms with E-state index < -0.39 is 18.0 Å². The van der Waals surface area contributed by atoms with Crippen molar-refractivity contribution < 1.29 is 19.1 Å². The van der Waals surface area contributed by atoms with Crippen LogP contribution in [0.5, 0.6) is 0 Å². The van der Waals surface area contributed by atoms with E-state index in [9.17, 15) is 9.59 Å². The van der Waals surface area contributed by atoms with Crippen LogP contribution in [-0.2, 0) is 14.3 Å². The van der Waals surface area contributed by atoms with E-state index in [2.05, 4.69) is 0 Å². The van der Waals surface area contributed by atoms with Crippen molar-refractivity contribution in [3.63, 3.8) is 0 Å². The zero-order chi connectivity index (χ0) is 14.1. The summed E-state index contributed by atoms with van der Waals surface area (Å²) in [5.41, 5.74) is 6.48. The third kappa shape index (κ3) is 2.18. The predicted octanol–water partition coefficient (Wildman–Crippen LogP) is 1.89. The summed E-state index contributed by atoms with van der Waals surface area (Å²) in [6.07, 6.45) is -0.439. The van der Waals surface area contributed by atoms with E-state index in [0.29, 0.717) is 12.1 Å². The Morgan fingerprint density at radius 2 is 1.95 bits per heavy atom. The zero-order valence-electron chi connectivity index (χ0n) is 10.7. The molecule has 5 heteroatoms. The van der Waals surface area contributed by atoms with Gasteiger partial charge in [-0.05, 0) is 22.9 Å². The summed E-state index contributed by atoms with van der Waals surface area (Å²) in [5, 5.41) is 1.84. The number of fused-ring (bicyclic) bond motifs is 1. The zero-order valence-corrected chi connectivity index (χ0v) is 10.7. The monoisotopic (exact) mass is 271 g/mol. The Labute approximate surface area is 115 Å². The van der Waals surface area contributed by atoms with Crippen LogP contribution in [-0.4, -0.2) is 24.6 Å². The fourth-order valence-electron chi connectivity index (χ4n) is 2.21. The van der Waals surface area contributed by atoms with Crippen LogP contribution in [0.4, 0.5) is 5.69 Å². The minimum absolute atomic E-state index is 0.267. The van der Waals surface area contributed by atoms with Gasteiger partial charge in [0.05, 0.1) is 12.2 Å². The van der Waals surface area contributed by atoms with Crippen molar-refractivity contribution in [1.29, 1.82) is 0 Å². The minimum Gasteiger partial charge on any atom is -0.463 e. The summed E-state index contributed by atoms with van der Waals surface area (Å²) in [6, 6.07) is 11.0. The fraction of sp³-hybridized carbons (Fsp3) is 0.200. The number of carbonyl (C=O) groups is 2. The number of carbonyl (C=O) groups excluding carboxylic acids is 2. The maximum absolute atomic E-state index is 12.1. The lowest BCUT2D eigenvalue weighted by Crippen LogP contribution is -2.23. The van der Waals surface area contributed by atoms with E-state index >= 15 is 0 Å². The highest BCUT2D eigenvalue weighted by molar-refractivity contribution is 6.01. The number of esters is 2. The quantitative estimate of drug-likeness (QED) is 0.666. The van der Waals surface area contributed by atoms with Gasteiger partial charge in [0.15, 0.2) is 0 Å². The van der Waals surface area contributed by atoms with Gasteiger partial charge in [-0.1, -0.05) is 24.3 Å². The van der Waals surface area contributed by atoms with Crippen molar-refractivity contribution in [2.45, 2.75) is 12.5 Å². The Kier molecular flexibility index (Phi) is 3.02. The average molecular weight is 271 g/mol. The van der Waals surface area contributed by atoms with Crippen LogP contribution in [0.1, 0.15) is 16.8 Å². The van der Waals surface area contributed by atoms with E-state index in [1.165, 1.54) is 0 Å². The van der Waals surface area contributed by atoms with Crippen molar-refractivity contribution in [2.24, 2.45) is 0 Å². The first-order chi connectivity index (χ1) is 9.65. The van der Waals surface area contributed by atoms with E-state index in [0.717, 1.165) is 10.8 Å². The summed E-state index contributed by atoms with van der Waals surface area (Å²) in [4.78, 5) is 23.4. The normalized spacial score (nSPS) is 18.0. The summed E-state index contributed by atoms with van der Waals surface area (Å²) < 4.78 is 9.90. The number of cyclic esters (lactones) is 1. The molecule has 1 aliphatic heterocycles. The second-order valence-corrected chi connectivity index (χ2v) is 4.64. The van der Waals surface area contributed by atoms with Crippen LogP contribution >= 0.6 is 0 Å². The van der Waals surface area contributed by atoms with Crippen LogP contribution in [0.3, 0.4) is 0 Å². The van der Waals surface area contributed by atoms with E-state index in [1.54, 1.807) is 12.1 Å². The van der Waals surface area contributed by atoms with Gasteiger partial charge >= 0.3 is 11.9 Å². The van der Waals surface area contributed by atoms with E-state index in [1.807, 2.05) is 24.3 Å². The summed E-state index contributed by atoms with van der Waals surface area (Å²) in [7, 11) is 0. The summed E-state index contributed by atoms with van der Waals surface area (Å²) in [6.45, 7) is 0.282. The predicted molar refractivity (Wildman–Crippen MR) is 73.1 cm³/mol. The molecule has 1 saturated heterocycles. The van der Waals surface area contributed by atoms with Gasteiger partial charge in [-0.15, -0.1) is 0 Å². The molecule has 3 rings (SSSR count). The molecule has 1 unspecified atom stereocenters. The molecule has 2 N–H and O–H groups in total. The molecule has 0 radical (unpaired) electrons. The molecule has 20 heavy (non-hydrogen) atoms. The summed E-state index contributed by atoms with van der Waals surface area (Å²) >= 11 is 0. The third-order valence-electron chi connectivity index (χ3n) is 3.27. The smallest absolute Gasteiger partial charge is 0.347 e. The Morgan fingerprint density at radius 1 is 1.25 bits per heavy atom. The van der Waals surface area contributed by atoms with Gasteiger partial charge in [-0.25, -0.2) is 9.59 Å². The molecule has 0 saturated carbocycles. The third-order valence-corrected chi connectivity index (χ3v) is 3.27. The maximum atomic E-state index is 12.1. The van der Waals surface area contributed by atoms with Crippen molar-refractivity contribution >= 4 is 28.4 Å². The van der Waals surface area contributed by atoms with E-state index in [4.69, 9.17) is 15.2 Å². The molecule has 0 aliphatic carbocycles. The second kappa shape index (κ2) is 4.85. The lowest BCUT2D eigenvalue weighted by Gasteiger charge is -2.11. The second-order valence-electron chi connectivity index (χ2n) is 4.64. The SMILES string of the molecule is Nc1cc2ccccc2cc1C(=O)OC1CCOC1=O. The highest BCUT2D eigenvalue weighted by Gasteiger charge is 2.31. The molecule has 0 bridgehead atoms. The number of ether oxygens (including phenoxy) is 2. The molecule has 0 spiro atoms. The van der Waals surface area contributed by atoms with Gasteiger partial charge in [0.25, 0.3) is 0 Å². The molecule has 2 aromatic carbocycles. The molecular weight excluding hydrogens is 258 g/mol. The molecule has 102 valence electrons. The van der Waals surface area contributed by atoms with Gasteiger partial charge in [-0.3, -0.25) is 0 Å². The molecule has 1 heterocycles. The first-order valence-electron chi connectivity index (χ1n) is 6.31. The lowest BCUT2D eigenvalue weighted by molar-refractivity contribution is -0.145. The topological polar surface area (TPSA) is 78.6 Å². The van der Waals surface area contributed by atoms with Crippen LogP contribution in [0, 0.1) is 0 Å². The van der Waals surface area contributed by atoms with Gasteiger partial charge in [0.1, 0.15) is 0 Å². The molecule has 2 aromatic rings. The first-order valence-corrected chi connectivity index (χ1v) is 6.31. The lowest BCUT2D eigenvalue weighted by atomic mass is 10.1. The number of nitrogens with two attached hydrogens (primary N) is 1. The molecular formula is C15H13NO4. The van der Waals surface area contributed by atoms with Crippen LogP contribution in [0.15, 0.2) is 36.4 Å². The molecule has 1 fully saturated rings. The Balaban J connectivity index is 1.90. The van der Waals surface area contributed by atoms with Gasteiger partial charge < -0.3 is 15.2 Å². The fourth-order valence-corrected chi connectivity index (χ4v) is 2.21. The molecule has 0 amide bonds. The molecule has 1 aliphatic rings. The first kappa shape index (κ1) is 12.5. The number of anilines is 1. The minimum atomic E-state index is -0.826. The Bertz CT molecular complexity index is 695. The number of hydrogen-bond acceptors (Lipinski definition) is 5.